The van der Waals surface area contributed by atoms with Crippen molar-refractivity contribution in [3.05, 3.63) is 0 Å². The summed E-state index contributed by atoms with van der Waals surface area (Å²) in [6, 6.07) is 0. The molecule has 0 saturated carbocycles. The van der Waals surface area contributed by atoms with Crippen LogP contribution in [0.4, 0.5) is 0 Å². The second kappa shape index (κ2) is 6.75. The fourth-order valence-electron chi connectivity index (χ4n) is 0.912. The van der Waals surface area contributed by atoms with Gasteiger partial charge in [-0.15, -0.1) is 11.6 Å². The third-order valence-corrected chi connectivity index (χ3v) is 5.31. The van der Waals surface area contributed by atoms with E-state index in [1.807, 2.05) is 0 Å². The molecule has 0 heterocycles. The molecule has 6 nitrogen and oxygen atoms in total. The Morgan fingerprint density at radius 2 is 1.75 bits per heavy atom. The lowest BCUT2D eigenvalue weighted by Crippen LogP contribution is -2.35. The number of sulfonamides is 2. The highest BCUT2D eigenvalue weighted by Crippen LogP contribution is 2.01. The largest absolute Gasteiger partial charge is 0.218 e. The van der Waals surface area contributed by atoms with Gasteiger partial charge in [-0.1, -0.05) is 6.92 Å². The molecular formula is C7H17ClN2O4S2. The highest BCUT2D eigenvalue weighted by Gasteiger charge is 2.16. The van der Waals surface area contributed by atoms with Crippen molar-refractivity contribution in [2.45, 2.75) is 6.92 Å². The van der Waals surface area contributed by atoms with Gasteiger partial charge in [0.1, 0.15) is 0 Å². The Balaban J connectivity index is 4.11. The van der Waals surface area contributed by atoms with Crippen LogP contribution >= 0.6 is 11.6 Å². The topological polar surface area (TPSA) is 92.3 Å². The van der Waals surface area contributed by atoms with E-state index in [2.05, 4.69) is 9.44 Å². The molecule has 16 heavy (non-hydrogen) atoms. The van der Waals surface area contributed by atoms with Crippen LogP contribution in [0.1, 0.15) is 6.92 Å². The van der Waals surface area contributed by atoms with Crippen molar-refractivity contribution in [3.8, 4) is 0 Å². The molecule has 1 unspecified atom stereocenters. The minimum Gasteiger partial charge on any atom is -0.218 e. The monoisotopic (exact) mass is 292 g/mol. The van der Waals surface area contributed by atoms with E-state index >= 15 is 0 Å². The number of hydrogen-bond donors (Lipinski definition) is 2. The van der Waals surface area contributed by atoms with Crippen molar-refractivity contribution in [1.29, 1.82) is 0 Å². The lowest BCUT2D eigenvalue weighted by Gasteiger charge is -2.09. The Labute approximate surface area is 102 Å². The number of halogens is 1. The number of hydrogen-bond acceptors (Lipinski definition) is 4. The molecule has 0 aromatic carbocycles. The summed E-state index contributed by atoms with van der Waals surface area (Å²) in [6.45, 7) is 1.57. The first-order chi connectivity index (χ1) is 7.22. The van der Waals surface area contributed by atoms with Crippen molar-refractivity contribution in [2.24, 2.45) is 5.92 Å². The van der Waals surface area contributed by atoms with Gasteiger partial charge in [-0.25, -0.2) is 26.3 Å². The van der Waals surface area contributed by atoms with Crippen molar-refractivity contribution in [2.75, 3.05) is 31.0 Å². The molecule has 9 heteroatoms. The first-order valence-corrected chi connectivity index (χ1v) is 8.51. The van der Waals surface area contributed by atoms with Crippen molar-refractivity contribution < 1.29 is 16.8 Å². The van der Waals surface area contributed by atoms with Crippen molar-refractivity contribution >= 4 is 31.6 Å². The lowest BCUT2D eigenvalue weighted by atomic mass is 10.3. The van der Waals surface area contributed by atoms with Crippen LogP contribution in [0.15, 0.2) is 0 Å². The van der Waals surface area contributed by atoms with Gasteiger partial charge >= 0.3 is 0 Å². The van der Waals surface area contributed by atoms with Crippen molar-refractivity contribution in [1.82, 2.24) is 9.44 Å². The molecule has 0 aromatic heterocycles. The summed E-state index contributed by atoms with van der Waals surface area (Å²) >= 11 is 5.49. The smallest absolute Gasteiger partial charge is 0.212 e. The summed E-state index contributed by atoms with van der Waals surface area (Å²) < 4.78 is 49.1. The summed E-state index contributed by atoms with van der Waals surface area (Å²) in [5.74, 6) is -0.302. The van der Waals surface area contributed by atoms with Gasteiger partial charge in [0.05, 0.1) is 11.5 Å². The summed E-state index contributed by atoms with van der Waals surface area (Å²) in [6.07, 6.45) is 0. The summed E-state index contributed by atoms with van der Waals surface area (Å²) in [5.41, 5.74) is 0. The zero-order valence-corrected chi connectivity index (χ0v) is 11.6. The zero-order chi connectivity index (χ0) is 12.8. The quantitative estimate of drug-likeness (QED) is 0.580. The minimum absolute atomic E-state index is 0.101. The molecule has 0 rings (SSSR count). The minimum atomic E-state index is -3.45. The highest BCUT2D eigenvalue weighted by molar-refractivity contribution is 7.90. The van der Waals surface area contributed by atoms with Gasteiger partial charge in [-0.05, 0) is 13.0 Å². The molecule has 0 amide bonds. The van der Waals surface area contributed by atoms with E-state index in [-0.39, 0.29) is 29.8 Å². The Morgan fingerprint density at radius 1 is 1.19 bits per heavy atom. The summed E-state index contributed by atoms with van der Waals surface area (Å²) in [7, 11) is -5.55. The van der Waals surface area contributed by atoms with E-state index in [1.165, 1.54) is 7.05 Å². The van der Waals surface area contributed by atoms with Crippen LogP contribution in [0.2, 0.25) is 0 Å². The van der Waals surface area contributed by atoms with E-state index in [0.29, 0.717) is 0 Å². The molecule has 0 saturated heterocycles. The molecule has 0 radical (unpaired) electrons. The molecule has 1 atom stereocenters. The Morgan fingerprint density at radius 3 is 2.19 bits per heavy atom. The molecule has 2 N–H and O–H groups in total. The second-order valence-electron chi connectivity index (χ2n) is 3.46. The average Bonchev–Trinajstić information content (AvgIpc) is 2.16. The van der Waals surface area contributed by atoms with Crippen LogP contribution < -0.4 is 9.44 Å². The molecule has 0 aliphatic heterocycles. The van der Waals surface area contributed by atoms with Gasteiger partial charge in [-0.3, -0.25) is 0 Å². The summed E-state index contributed by atoms with van der Waals surface area (Å²) in [4.78, 5) is 0. The number of nitrogens with one attached hydrogen (secondary N) is 2. The van der Waals surface area contributed by atoms with E-state index in [9.17, 15) is 16.8 Å². The van der Waals surface area contributed by atoms with Gasteiger partial charge in [-0.2, -0.15) is 0 Å². The van der Waals surface area contributed by atoms with Crippen LogP contribution in [0.5, 0.6) is 0 Å². The first kappa shape index (κ1) is 16.1. The molecule has 0 aliphatic carbocycles. The standard InChI is InChI=1S/C7H17ClN2O4S2/c1-7(5-8)6-16(13,14)10-3-4-15(11,12)9-2/h7,9-10H,3-6H2,1-2H3. The van der Waals surface area contributed by atoms with Crippen LogP contribution in [-0.4, -0.2) is 47.8 Å². The predicted octanol–water partition coefficient (Wildman–Crippen LogP) is -0.670. The average molecular weight is 293 g/mol. The lowest BCUT2D eigenvalue weighted by molar-refractivity contribution is 0.569. The molecule has 0 aromatic rings. The maximum atomic E-state index is 11.4. The highest BCUT2D eigenvalue weighted by atomic mass is 35.5. The molecule has 98 valence electrons. The third kappa shape index (κ3) is 7.39. The Bertz CT molecular complexity index is 393. The van der Waals surface area contributed by atoms with Gasteiger partial charge in [0.25, 0.3) is 0 Å². The normalized spacial score (nSPS) is 14.9. The maximum absolute atomic E-state index is 11.4. The first-order valence-electron chi connectivity index (χ1n) is 4.67. The number of alkyl halides is 1. The molecular weight excluding hydrogens is 276 g/mol. The van der Waals surface area contributed by atoms with Gasteiger partial charge in [0.2, 0.25) is 20.0 Å². The fraction of sp³-hybridized carbons (Fsp3) is 1.00. The van der Waals surface area contributed by atoms with Crippen LogP contribution in [0, 0.1) is 5.92 Å². The van der Waals surface area contributed by atoms with Crippen LogP contribution in [0.3, 0.4) is 0 Å². The van der Waals surface area contributed by atoms with E-state index < -0.39 is 20.0 Å². The predicted molar refractivity (Wildman–Crippen MR) is 64.5 cm³/mol. The third-order valence-electron chi connectivity index (χ3n) is 1.77. The Kier molecular flexibility index (Phi) is 6.80. The van der Waals surface area contributed by atoms with Gasteiger partial charge < -0.3 is 0 Å². The summed E-state index contributed by atoms with van der Waals surface area (Å²) in [5, 5.41) is 0. The zero-order valence-electron chi connectivity index (χ0n) is 9.23. The van der Waals surface area contributed by atoms with Crippen molar-refractivity contribution in [3.63, 3.8) is 0 Å². The molecule has 0 bridgehead atoms. The maximum Gasteiger partial charge on any atom is 0.212 e. The molecule has 0 aliphatic rings. The SMILES string of the molecule is CNS(=O)(=O)CCNS(=O)(=O)CC(C)CCl. The van der Waals surface area contributed by atoms with Gasteiger partial charge in [0.15, 0.2) is 0 Å². The number of rotatable bonds is 8. The second-order valence-corrected chi connectivity index (χ2v) is 7.66. The van der Waals surface area contributed by atoms with Crippen LogP contribution in [0.25, 0.3) is 0 Å². The molecule has 0 fully saturated rings. The van der Waals surface area contributed by atoms with E-state index in [0.717, 1.165) is 0 Å². The van der Waals surface area contributed by atoms with E-state index in [1.54, 1.807) is 6.92 Å². The van der Waals surface area contributed by atoms with E-state index in [4.69, 9.17) is 11.6 Å². The molecule has 0 spiro atoms. The fourth-order valence-corrected chi connectivity index (χ4v) is 3.25. The van der Waals surface area contributed by atoms with Crippen LogP contribution in [-0.2, 0) is 20.0 Å². The Hall–Kier alpha value is 0.110. The van der Waals surface area contributed by atoms with Gasteiger partial charge in [0, 0.05) is 12.4 Å².